The second kappa shape index (κ2) is 7.98. The third kappa shape index (κ3) is 3.87. The van der Waals surface area contributed by atoms with Gasteiger partial charge in [-0.25, -0.2) is 0 Å². The number of aryl methyl sites for hydroxylation is 1. The Morgan fingerprint density at radius 3 is 2.66 bits per heavy atom. The van der Waals surface area contributed by atoms with Gasteiger partial charge in [-0.15, -0.1) is 0 Å². The summed E-state index contributed by atoms with van der Waals surface area (Å²) in [5.74, 6) is 0.784. The van der Waals surface area contributed by atoms with Crippen LogP contribution in [0.25, 0.3) is 22.9 Å². The van der Waals surface area contributed by atoms with Crippen molar-refractivity contribution in [2.45, 2.75) is 13.5 Å². The van der Waals surface area contributed by atoms with E-state index in [9.17, 15) is 10.1 Å². The van der Waals surface area contributed by atoms with Gasteiger partial charge in [0, 0.05) is 5.56 Å². The van der Waals surface area contributed by atoms with Crippen molar-refractivity contribution in [1.29, 1.82) is 0 Å². The molecular formula is C23H18N2O4. The number of ether oxygens (including phenoxy) is 1. The van der Waals surface area contributed by atoms with Gasteiger partial charge in [0.1, 0.15) is 12.4 Å². The Labute approximate surface area is 167 Å². The maximum atomic E-state index is 11.2. The molecule has 0 amide bonds. The van der Waals surface area contributed by atoms with E-state index in [0.717, 1.165) is 21.9 Å². The van der Waals surface area contributed by atoms with Crippen molar-refractivity contribution in [3.63, 3.8) is 0 Å². The normalized spacial score (nSPS) is 11.2. The number of hydrogen-bond acceptors (Lipinski definition) is 5. The molecule has 0 aliphatic carbocycles. The summed E-state index contributed by atoms with van der Waals surface area (Å²) < 4.78 is 11.1. The Hall–Kier alpha value is -3.93. The first-order valence-electron chi connectivity index (χ1n) is 9.10. The van der Waals surface area contributed by atoms with E-state index in [2.05, 4.69) is 23.4 Å². The molecule has 0 saturated carbocycles. The van der Waals surface area contributed by atoms with Crippen LogP contribution < -0.4 is 4.74 Å². The molecule has 144 valence electrons. The molecule has 4 aromatic rings. The molecule has 0 bridgehead atoms. The molecule has 29 heavy (non-hydrogen) atoms. The molecule has 0 saturated heterocycles. The van der Waals surface area contributed by atoms with Gasteiger partial charge in [-0.05, 0) is 41.5 Å². The van der Waals surface area contributed by atoms with Crippen molar-refractivity contribution in [2.75, 3.05) is 0 Å². The first-order valence-corrected chi connectivity index (χ1v) is 9.10. The van der Waals surface area contributed by atoms with Crippen LogP contribution in [0.3, 0.4) is 0 Å². The summed E-state index contributed by atoms with van der Waals surface area (Å²) >= 11 is 0. The average molecular weight is 386 g/mol. The van der Waals surface area contributed by atoms with Gasteiger partial charge in [-0.1, -0.05) is 65.8 Å². The maximum absolute atomic E-state index is 11.2. The molecule has 1 aromatic heterocycles. The van der Waals surface area contributed by atoms with Gasteiger partial charge >= 0.3 is 5.69 Å². The van der Waals surface area contributed by atoms with Crippen molar-refractivity contribution in [3.05, 3.63) is 99.4 Å². The minimum absolute atomic E-state index is 0.108. The van der Waals surface area contributed by atoms with E-state index in [4.69, 9.17) is 9.26 Å². The second-order valence-corrected chi connectivity index (χ2v) is 6.54. The molecule has 3 aromatic carbocycles. The van der Waals surface area contributed by atoms with Crippen LogP contribution in [-0.2, 0) is 6.61 Å². The largest absolute Gasteiger partial charge is 0.488 e. The third-order valence-corrected chi connectivity index (χ3v) is 4.64. The molecule has 0 aliphatic rings. The molecule has 6 heteroatoms. The lowest BCUT2D eigenvalue weighted by Crippen LogP contribution is -1.97. The summed E-state index contributed by atoms with van der Waals surface area (Å²) in [6, 6.07) is 21.8. The highest BCUT2D eigenvalue weighted by Gasteiger charge is 2.22. The van der Waals surface area contributed by atoms with E-state index in [1.807, 2.05) is 48.5 Å². The Kier molecular flexibility index (Phi) is 5.07. The fraction of sp³-hybridized carbons (Fsp3) is 0.0870. The first kappa shape index (κ1) is 18.4. The highest BCUT2D eigenvalue weighted by atomic mass is 16.6. The van der Waals surface area contributed by atoms with Gasteiger partial charge in [-0.2, -0.15) is 0 Å². The van der Waals surface area contributed by atoms with E-state index < -0.39 is 4.92 Å². The van der Waals surface area contributed by atoms with Crippen LogP contribution in [0, 0.1) is 17.0 Å². The lowest BCUT2D eigenvalue weighted by atomic mass is 10.1. The molecule has 0 N–H and O–H groups in total. The number of nitro groups is 1. The summed E-state index contributed by atoms with van der Waals surface area (Å²) in [5.41, 5.74) is 1.99. The minimum atomic E-state index is -0.492. The van der Waals surface area contributed by atoms with Gasteiger partial charge in [0.2, 0.25) is 5.76 Å². The molecule has 0 radical (unpaired) electrons. The standard InChI is InChI=1S/C23H18N2O4/c1-16-23(25(26)27)22(29-24-16)14-13-18-8-3-5-12-21(18)28-15-19-10-6-9-17-7-2-4-11-20(17)19/h2-14H,15H2,1H3/b14-13+. The predicted octanol–water partition coefficient (Wildman–Crippen LogP) is 5.79. The van der Waals surface area contributed by atoms with E-state index in [1.54, 1.807) is 13.0 Å². The van der Waals surface area contributed by atoms with Crippen LogP contribution in [0.4, 0.5) is 5.69 Å². The Bertz CT molecular complexity index is 1210. The number of aromatic nitrogens is 1. The maximum Gasteiger partial charge on any atom is 0.338 e. The van der Waals surface area contributed by atoms with Crippen LogP contribution in [0.5, 0.6) is 5.75 Å². The monoisotopic (exact) mass is 386 g/mol. The zero-order valence-electron chi connectivity index (χ0n) is 15.7. The quantitative estimate of drug-likeness (QED) is 0.309. The fourth-order valence-corrected chi connectivity index (χ4v) is 3.20. The van der Waals surface area contributed by atoms with Crippen LogP contribution in [0.2, 0.25) is 0 Å². The zero-order valence-corrected chi connectivity index (χ0v) is 15.7. The first-order chi connectivity index (χ1) is 14.1. The molecule has 0 fully saturated rings. The summed E-state index contributed by atoms with van der Waals surface area (Å²) in [6.45, 7) is 1.95. The third-order valence-electron chi connectivity index (χ3n) is 4.64. The smallest absolute Gasteiger partial charge is 0.338 e. The Morgan fingerprint density at radius 2 is 1.79 bits per heavy atom. The van der Waals surface area contributed by atoms with Crippen LogP contribution in [-0.4, -0.2) is 10.1 Å². The van der Waals surface area contributed by atoms with Gasteiger partial charge in [0.25, 0.3) is 0 Å². The van der Waals surface area contributed by atoms with E-state index >= 15 is 0 Å². The van der Waals surface area contributed by atoms with E-state index in [-0.39, 0.29) is 17.1 Å². The zero-order chi connectivity index (χ0) is 20.2. The summed E-state index contributed by atoms with van der Waals surface area (Å²) in [7, 11) is 0. The predicted molar refractivity (Wildman–Crippen MR) is 112 cm³/mol. The van der Waals surface area contributed by atoms with Crippen molar-refractivity contribution < 1.29 is 14.2 Å². The molecule has 6 nitrogen and oxygen atoms in total. The van der Waals surface area contributed by atoms with Gasteiger partial charge in [0.05, 0.1) is 4.92 Å². The molecule has 0 aliphatic heterocycles. The SMILES string of the molecule is Cc1noc(/C=C/c2ccccc2OCc2cccc3ccccc23)c1[N+](=O)[O-]. The number of fused-ring (bicyclic) bond motifs is 1. The van der Waals surface area contributed by atoms with Crippen molar-refractivity contribution in [3.8, 4) is 5.75 Å². The number of nitrogens with zero attached hydrogens (tertiary/aromatic N) is 2. The second-order valence-electron chi connectivity index (χ2n) is 6.54. The fourth-order valence-electron chi connectivity index (χ4n) is 3.20. The van der Waals surface area contributed by atoms with Crippen molar-refractivity contribution >= 4 is 28.6 Å². The number of rotatable bonds is 6. The highest BCUT2D eigenvalue weighted by molar-refractivity contribution is 5.85. The Balaban J connectivity index is 1.58. The topological polar surface area (TPSA) is 78.4 Å². The van der Waals surface area contributed by atoms with Gasteiger partial charge in [0.15, 0.2) is 5.69 Å². The van der Waals surface area contributed by atoms with Crippen molar-refractivity contribution in [2.24, 2.45) is 0 Å². The summed E-state index contributed by atoms with van der Waals surface area (Å²) in [4.78, 5) is 10.7. The molecule has 4 rings (SSSR count). The molecule has 0 atom stereocenters. The summed E-state index contributed by atoms with van der Waals surface area (Å²) in [5, 5.41) is 17.2. The van der Waals surface area contributed by atoms with Gasteiger partial charge < -0.3 is 9.26 Å². The number of benzene rings is 3. The lowest BCUT2D eigenvalue weighted by molar-refractivity contribution is -0.386. The minimum Gasteiger partial charge on any atom is -0.488 e. The van der Waals surface area contributed by atoms with E-state index in [0.29, 0.717) is 12.4 Å². The molecule has 1 heterocycles. The Morgan fingerprint density at radius 1 is 1.03 bits per heavy atom. The van der Waals surface area contributed by atoms with Gasteiger partial charge in [-0.3, -0.25) is 10.1 Å². The molecule has 0 unspecified atom stereocenters. The summed E-state index contributed by atoms with van der Waals surface area (Å²) in [6.07, 6.45) is 3.27. The van der Waals surface area contributed by atoms with Crippen LogP contribution in [0.15, 0.2) is 71.3 Å². The van der Waals surface area contributed by atoms with E-state index in [1.165, 1.54) is 6.08 Å². The highest BCUT2D eigenvalue weighted by Crippen LogP contribution is 2.27. The van der Waals surface area contributed by atoms with Crippen LogP contribution in [0.1, 0.15) is 22.6 Å². The average Bonchev–Trinajstić information content (AvgIpc) is 3.12. The number of para-hydroxylation sites is 1. The van der Waals surface area contributed by atoms with Crippen LogP contribution >= 0.6 is 0 Å². The van der Waals surface area contributed by atoms with Crippen molar-refractivity contribution in [1.82, 2.24) is 5.16 Å². The molecule has 0 spiro atoms. The number of hydrogen-bond donors (Lipinski definition) is 0. The molecular weight excluding hydrogens is 368 g/mol. The lowest BCUT2D eigenvalue weighted by Gasteiger charge is -2.11.